The first-order valence-corrected chi connectivity index (χ1v) is 11.1. The molecule has 0 fully saturated rings. The largest absolute Gasteiger partial charge is 0.345 e. The molecule has 4 nitrogen and oxygen atoms in total. The van der Waals surface area contributed by atoms with Crippen LogP contribution in [0.15, 0.2) is 60.7 Å². The van der Waals surface area contributed by atoms with Crippen LogP contribution in [-0.4, -0.2) is 15.5 Å². The fraction of sp³-hybridized carbons (Fsp3) is 0.200. The lowest BCUT2D eigenvalue weighted by Crippen LogP contribution is -2.28. The number of nitrogens with zero attached hydrogens (tertiary/aromatic N) is 2. The second-order valence-electron chi connectivity index (χ2n) is 7.69. The topological polar surface area (TPSA) is 46.9 Å². The zero-order chi connectivity index (χ0) is 22.8. The minimum Gasteiger partial charge on any atom is -0.345 e. The van der Waals surface area contributed by atoms with Gasteiger partial charge in [-0.1, -0.05) is 48.3 Å². The highest BCUT2D eigenvalue weighted by Crippen LogP contribution is 2.25. The Balaban J connectivity index is 1.58. The Labute approximate surface area is 196 Å². The van der Waals surface area contributed by atoms with Crippen molar-refractivity contribution in [3.63, 3.8) is 0 Å². The summed E-state index contributed by atoms with van der Waals surface area (Å²) in [4.78, 5) is 17.5. The molecule has 1 aromatic heterocycles. The van der Waals surface area contributed by atoms with Crippen molar-refractivity contribution in [1.29, 1.82) is 0 Å². The van der Waals surface area contributed by atoms with Gasteiger partial charge in [0.15, 0.2) is 0 Å². The van der Waals surface area contributed by atoms with E-state index in [2.05, 4.69) is 14.9 Å². The van der Waals surface area contributed by atoms with Crippen LogP contribution in [-0.2, 0) is 6.54 Å². The van der Waals surface area contributed by atoms with Gasteiger partial charge in [-0.15, -0.1) is 0 Å². The molecule has 7 heteroatoms. The van der Waals surface area contributed by atoms with Crippen LogP contribution in [0.3, 0.4) is 0 Å². The number of carbonyl (C=O) groups excluding carboxylic acids is 1. The number of benzene rings is 3. The number of aryl methyl sites for hydroxylation is 1. The maximum atomic E-state index is 13.6. The lowest BCUT2D eigenvalue weighted by atomic mass is 10.0. The number of aromatic nitrogens is 2. The predicted octanol–water partition coefficient (Wildman–Crippen LogP) is 6.72. The quantitative estimate of drug-likeness (QED) is 0.340. The molecule has 3 aromatic carbocycles. The number of amides is 1. The fourth-order valence-corrected chi connectivity index (χ4v) is 4.12. The normalized spacial score (nSPS) is 12.2. The molecule has 4 rings (SSSR count). The van der Waals surface area contributed by atoms with Gasteiger partial charge in [-0.3, -0.25) is 4.79 Å². The highest BCUT2D eigenvalue weighted by atomic mass is 35.5. The minimum atomic E-state index is -0.320. The van der Waals surface area contributed by atoms with E-state index >= 15 is 0 Å². The van der Waals surface area contributed by atoms with Crippen molar-refractivity contribution in [2.75, 3.05) is 0 Å². The van der Waals surface area contributed by atoms with E-state index in [1.165, 1.54) is 12.1 Å². The van der Waals surface area contributed by atoms with Crippen molar-refractivity contribution < 1.29 is 9.18 Å². The van der Waals surface area contributed by atoms with Crippen molar-refractivity contribution in [2.45, 2.75) is 32.9 Å². The van der Waals surface area contributed by atoms with E-state index in [1.807, 2.05) is 38.1 Å². The third-order valence-electron chi connectivity index (χ3n) is 5.49. The maximum absolute atomic E-state index is 13.6. The zero-order valence-electron chi connectivity index (χ0n) is 17.7. The SMILES string of the molecule is CCC(NC(=O)c1ccc2c(c1)nc(C)n2Cc1ccc(Cl)c(Cl)c1)c1cccc(F)c1. The lowest BCUT2D eigenvalue weighted by molar-refractivity contribution is 0.0935. The van der Waals surface area contributed by atoms with Gasteiger partial charge in [0, 0.05) is 12.1 Å². The second-order valence-corrected chi connectivity index (χ2v) is 8.50. The van der Waals surface area contributed by atoms with Crippen LogP contribution in [0, 0.1) is 12.7 Å². The molecular formula is C25H22Cl2FN3O. The van der Waals surface area contributed by atoms with Crippen LogP contribution in [0.25, 0.3) is 11.0 Å². The summed E-state index contributed by atoms with van der Waals surface area (Å²) in [6.07, 6.45) is 0.648. The van der Waals surface area contributed by atoms with Crippen LogP contribution in [0.4, 0.5) is 4.39 Å². The smallest absolute Gasteiger partial charge is 0.251 e. The average Bonchev–Trinajstić information content (AvgIpc) is 3.08. The third kappa shape index (κ3) is 4.64. The van der Waals surface area contributed by atoms with Gasteiger partial charge in [-0.2, -0.15) is 0 Å². The summed E-state index contributed by atoms with van der Waals surface area (Å²) >= 11 is 12.2. The Kier molecular flexibility index (Phi) is 6.49. The fourth-order valence-electron chi connectivity index (χ4n) is 3.80. The summed E-state index contributed by atoms with van der Waals surface area (Å²) in [5.74, 6) is 0.286. The Bertz CT molecular complexity index is 1300. The number of imidazole rings is 1. The van der Waals surface area contributed by atoms with E-state index in [0.717, 1.165) is 28.0 Å². The molecule has 0 aliphatic heterocycles. The number of carbonyl (C=O) groups is 1. The molecule has 0 spiro atoms. The molecule has 164 valence electrons. The van der Waals surface area contributed by atoms with E-state index in [9.17, 15) is 9.18 Å². The van der Waals surface area contributed by atoms with Gasteiger partial charge in [-0.05, 0) is 66.9 Å². The maximum Gasteiger partial charge on any atom is 0.251 e. The number of hydrogen-bond donors (Lipinski definition) is 1. The van der Waals surface area contributed by atoms with Crippen molar-refractivity contribution in [2.24, 2.45) is 0 Å². The highest BCUT2D eigenvalue weighted by molar-refractivity contribution is 6.42. The molecule has 1 unspecified atom stereocenters. The summed E-state index contributed by atoms with van der Waals surface area (Å²) in [5.41, 5.74) is 3.90. The van der Waals surface area contributed by atoms with Crippen LogP contribution in [0.1, 0.15) is 46.7 Å². The summed E-state index contributed by atoms with van der Waals surface area (Å²) in [5, 5.41) is 4.02. The van der Waals surface area contributed by atoms with E-state index in [0.29, 0.717) is 28.6 Å². The predicted molar refractivity (Wildman–Crippen MR) is 127 cm³/mol. The molecule has 1 N–H and O–H groups in total. The monoisotopic (exact) mass is 469 g/mol. The highest BCUT2D eigenvalue weighted by Gasteiger charge is 2.17. The molecule has 0 saturated heterocycles. The van der Waals surface area contributed by atoms with Crippen LogP contribution in [0.5, 0.6) is 0 Å². The molecule has 0 bridgehead atoms. The van der Waals surface area contributed by atoms with Crippen LogP contribution < -0.4 is 5.32 Å². The zero-order valence-corrected chi connectivity index (χ0v) is 19.2. The average molecular weight is 470 g/mol. The third-order valence-corrected chi connectivity index (χ3v) is 6.23. The molecule has 0 aliphatic rings. The van der Waals surface area contributed by atoms with Crippen molar-refractivity contribution >= 4 is 40.1 Å². The number of rotatable bonds is 6. The first kappa shape index (κ1) is 22.3. The molecule has 0 aliphatic carbocycles. The summed E-state index contributed by atoms with van der Waals surface area (Å²) < 4.78 is 15.7. The van der Waals surface area contributed by atoms with Crippen molar-refractivity contribution in [3.05, 3.63) is 99.0 Å². The van der Waals surface area contributed by atoms with Gasteiger partial charge < -0.3 is 9.88 Å². The standard InChI is InChI=1S/C25H22Cl2FN3O/c1-3-22(17-5-4-6-19(28)12-17)30-25(32)18-8-10-24-23(13-18)29-15(2)31(24)14-16-7-9-20(26)21(27)11-16/h4-13,22H,3,14H2,1-2H3,(H,30,32). The first-order valence-electron chi connectivity index (χ1n) is 10.3. The second kappa shape index (κ2) is 9.31. The number of halogens is 3. The van der Waals surface area contributed by atoms with Gasteiger partial charge in [0.25, 0.3) is 5.91 Å². The number of nitrogens with one attached hydrogen (secondary N) is 1. The Morgan fingerprint density at radius 1 is 1.09 bits per heavy atom. The van der Waals surface area contributed by atoms with E-state index < -0.39 is 0 Å². The Morgan fingerprint density at radius 3 is 2.62 bits per heavy atom. The molecule has 1 amide bonds. The minimum absolute atomic E-state index is 0.223. The van der Waals surface area contributed by atoms with Gasteiger partial charge >= 0.3 is 0 Å². The van der Waals surface area contributed by atoms with Gasteiger partial charge in [0.2, 0.25) is 0 Å². The Hall–Kier alpha value is -2.89. The summed E-state index contributed by atoms with van der Waals surface area (Å²) in [6.45, 7) is 4.46. The molecule has 1 atom stereocenters. The lowest BCUT2D eigenvalue weighted by Gasteiger charge is -2.17. The molecule has 32 heavy (non-hydrogen) atoms. The van der Waals surface area contributed by atoms with Crippen molar-refractivity contribution in [3.8, 4) is 0 Å². The summed E-state index contributed by atoms with van der Waals surface area (Å²) in [7, 11) is 0. The van der Waals surface area contributed by atoms with Crippen LogP contribution >= 0.6 is 23.2 Å². The Morgan fingerprint density at radius 2 is 1.91 bits per heavy atom. The van der Waals surface area contributed by atoms with Crippen molar-refractivity contribution in [1.82, 2.24) is 14.9 Å². The molecule has 4 aromatic rings. The summed E-state index contributed by atoms with van der Waals surface area (Å²) in [6, 6.07) is 17.0. The molecular weight excluding hydrogens is 448 g/mol. The van der Waals surface area contributed by atoms with Crippen LogP contribution in [0.2, 0.25) is 10.0 Å². The van der Waals surface area contributed by atoms with E-state index in [-0.39, 0.29) is 17.8 Å². The molecule has 0 saturated carbocycles. The van der Waals surface area contributed by atoms with Gasteiger partial charge in [-0.25, -0.2) is 9.37 Å². The number of hydrogen-bond acceptors (Lipinski definition) is 2. The van der Waals surface area contributed by atoms with Gasteiger partial charge in [0.1, 0.15) is 11.6 Å². The molecule has 0 radical (unpaired) electrons. The first-order chi connectivity index (χ1) is 15.4. The number of fused-ring (bicyclic) bond motifs is 1. The van der Waals surface area contributed by atoms with E-state index in [1.54, 1.807) is 24.3 Å². The molecule has 1 heterocycles. The van der Waals surface area contributed by atoms with E-state index in [4.69, 9.17) is 23.2 Å². The van der Waals surface area contributed by atoms with Gasteiger partial charge in [0.05, 0.1) is 27.1 Å².